The van der Waals surface area contributed by atoms with E-state index in [9.17, 15) is 4.79 Å². The van der Waals surface area contributed by atoms with E-state index in [1.165, 1.54) is 57.8 Å². The molecule has 0 spiro atoms. The molecule has 0 aromatic carbocycles. The molecule has 0 aliphatic carbocycles. The highest BCUT2D eigenvalue weighted by Gasteiger charge is 1.94. The molecule has 0 rings (SSSR count). The predicted molar refractivity (Wildman–Crippen MR) is 99.7 cm³/mol. The van der Waals surface area contributed by atoms with Crippen molar-refractivity contribution in [1.29, 1.82) is 0 Å². The topological polar surface area (TPSA) is 43.1 Å². The number of rotatable bonds is 14. The second-order valence-corrected chi connectivity index (χ2v) is 6.21. The molecule has 130 valence electrons. The normalized spacial score (nSPS) is 9.61. The molecule has 0 aromatic heterocycles. The zero-order chi connectivity index (χ0) is 17.0. The molecule has 2 heteroatoms. The van der Waals surface area contributed by atoms with Crippen LogP contribution in [0.1, 0.15) is 103 Å². The first kappa shape index (κ1) is 21.6. The Morgan fingerprint density at radius 1 is 0.696 bits per heavy atom. The van der Waals surface area contributed by atoms with Crippen molar-refractivity contribution in [2.75, 3.05) is 0 Å². The first-order chi connectivity index (χ1) is 11.3. The highest BCUT2D eigenvalue weighted by Crippen LogP contribution is 2.08. The van der Waals surface area contributed by atoms with Crippen molar-refractivity contribution in [3.05, 3.63) is 0 Å². The third-order valence-electron chi connectivity index (χ3n) is 3.87. The van der Waals surface area contributed by atoms with Gasteiger partial charge in [-0.25, -0.2) is 0 Å². The van der Waals surface area contributed by atoms with Crippen LogP contribution in [0, 0.1) is 23.7 Å². The molecule has 0 heterocycles. The van der Waals surface area contributed by atoms with Crippen molar-refractivity contribution in [3.8, 4) is 23.7 Å². The molecule has 1 amide bonds. The van der Waals surface area contributed by atoms with Crippen LogP contribution in [0.3, 0.4) is 0 Å². The molecular formula is C21H35NO. The van der Waals surface area contributed by atoms with E-state index in [1.807, 2.05) is 0 Å². The number of nitrogens with two attached hydrogens (primary N) is 1. The van der Waals surface area contributed by atoms with Crippen molar-refractivity contribution in [2.45, 2.75) is 103 Å². The van der Waals surface area contributed by atoms with Crippen LogP contribution >= 0.6 is 0 Å². The number of carbonyl (C=O) groups excluding carboxylic acids is 1. The summed E-state index contributed by atoms with van der Waals surface area (Å²) in [5.74, 6) is 12.0. The highest BCUT2D eigenvalue weighted by molar-refractivity contribution is 5.73. The van der Waals surface area contributed by atoms with Gasteiger partial charge in [0.15, 0.2) is 0 Å². The summed E-state index contributed by atoms with van der Waals surface area (Å²) < 4.78 is 0. The quantitative estimate of drug-likeness (QED) is 0.340. The van der Waals surface area contributed by atoms with E-state index < -0.39 is 0 Å². The van der Waals surface area contributed by atoms with Crippen molar-refractivity contribution >= 4 is 5.91 Å². The Kier molecular flexibility index (Phi) is 17.5. The third kappa shape index (κ3) is 20.6. The van der Waals surface area contributed by atoms with Crippen molar-refractivity contribution in [3.63, 3.8) is 0 Å². The molecule has 0 aromatic rings. The summed E-state index contributed by atoms with van der Waals surface area (Å²) in [5.41, 5.74) is 5.10. The van der Waals surface area contributed by atoms with Gasteiger partial charge in [0.1, 0.15) is 0 Å². The van der Waals surface area contributed by atoms with Crippen LogP contribution < -0.4 is 5.73 Å². The molecule has 0 bridgehead atoms. The molecule has 0 saturated heterocycles. The van der Waals surface area contributed by atoms with Gasteiger partial charge in [-0.05, 0) is 31.1 Å². The molecule has 0 radical (unpaired) electrons. The average molecular weight is 318 g/mol. The van der Waals surface area contributed by atoms with Gasteiger partial charge >= 0.3 is 0 Å². The van der Waals surface area contributed by atoms with E-state index in [1.54, 1.807) is 0 Å². The summed E-state index contributed by atoms with van der Waals surface area (Å²) in [4.78, 5) is 10.6. The van der Waals surface area contributed by atoms with Crippen LogP contribution in [-0.4, -0.2) is 5.91 Å². The fourth-order valence-electron chi connectivity index (χ4n) is 2.43. The first-order valence-electron chi connectivity index (χ1n) is 9.51. The number of amides is 1. The van der Waals surface area contributed by atoms with Crippen LogP contribution in [0.15, 0.2) is 0 Å². The van der Waals surface area contributed by atoms with Crippen LogP contribution in [0.5, 0.6) is 0 Å². The minimum absolute atomic E-state index is 0.183. The second-order valence-electron chi connectivity index (χ2n) is 6.21. The number of hydrogen-bond acceptors (Lipinski definition) is 1. The monoisotopic (exact) mass is 317 g/mol. The molecule has 0 unspecified atom stereocenters. The number of carbonyl (C=O) groups is 1. The maximum atomic E-state index is 10.6. The summed E-state index contributed by atoms with van der Waals surface area (Å²) in [5, 5.41) is 0. The summed E-state index contributed by atoms with van der Waals surface area (Å²) >= 11 is 0. The van der Waals surface area contributed by atoms with Gasteiger partial charge < -0.3 is 5.73 Å². The Bertz CT molecular complexity index is 392. The van der Waals surface area contributed by atoms with Gasteiger partial charge in [-0.3, -0.25) is 4.79 Å². The van der Waals surface area contributed by atoms with E-state index in [0.717, 1.165) is 32.1 Å². The average Bonchev–Trinajstić information content (AvgIpc) is 2.53. The van der Waals surface area contributed by atoms with E-state index in [-0.39, 0.29) is 5.91 Å². The lowest BCUT2D eigenvalue weighted by atomic mass is 10.1. The largest absolute Gasteiger partial charge is 0.370 e. The summed E-state index contributed by atoms with van der Waals surface area (Å²) in [6.07, 6.45) is 17.2. The molecule has 0 atom stereocenters. The van der Waals surface area contributed by atoms with E-state index in [0.29, 0.717) is 6.42 Å². The maximum absolute atomic E-state index is 10.6. The molecule has 0 saturated carbocycles. The molecule has 0 aliphatic heterocycles. The maximum Gasteiger partial charge on any atom is 0.217 e. The standard InChI is InChI=1S/C21H35NO/c1-2-3-4-5-6-7-8-9-10-11-12-13-14-15-16-17-18-19-20-21(22)23/h2-8,13-20H2,1H3,(H2,22,23). The molecule has 2 N–H and O–H groups in total. The van der Waals surface area contributed by atoms with Gasteiger partial charge in [-0.1, -0.05) is 76.6 Å². The van der Waals surface area contributed by atoms with Crippen LogP contribution in [0.4, 0.5) is 0 Å². The van der Waals surface area contributed by atoms with Crippen molar-refractivity contribution in [1.82, 2.24) is 0 Å². The second kappa shape index (κ2) is 18.6. The van der Waals surface area contributed by atoms with Gasteiger partial charge in [0.25, 0.3) is 0 Å². The lowest BCUT2D eigenvalue weighted by Crippen LogP contribution is -2.09. The highest BCUT2D eigenvalue weighted by atomic mass is 16.1. The van der Waals surface area contributed by atoms with Crippen LogP contribution in [0.25, 0.3) is 0 Å². The zero-order valence-electron chi connectivity index (χ0n) is 15.1. The minimum Gasteiger partial charge on any atom is -0.370 e. The number of hydrogen-bond donors (Lipinski definition) is 1. The molecular weight excluding hydrogens is 282 g/mol. The van der Waals surface area contributed by atoms with Gasteiger partial charge in [0, 0.05) is 19.3 Å². The Labute approximate surface area is 144 Å². The minimum atomic E-state index is -0.183. The van der Waals surface area contributed by atoms with Gasteiger partial charge in [0.2, 0.25) is 5.91 Å². The Hall–Kier alpha value is -1.41. The smallest absolute Gasteiger partial charge is 0.217 e. The van der Waals surface area contributed by atoms with Crippen LogP contribution in [0.2, 0.25) is 0 Å². The van der Waals surface area contributed by atoms with Gasteiger partial charge in [-0.2, -0.15) is 0 Å². The Balaban J connectivity index is 3.27. The Morgan fingerprint density at radius 3 is 1.61 bits per heavy atom. The first-order valence-corrected chi connectivity index (χ1v) is 9.51. The summed E-state index contributed by atoms with van der Waals surface area (Å²) in [6.45, 7) is 2.25. The van der Waals surface area contributed by atoms with Gasteiger partial charge in [-0.15, -0.1) is 0 Å². The summed E-state index contributed by atoms with van der Waals surface area (Å²) in [7, 11) is 0. The Morgan fingerprint density at radius 2 is 1.13 bits per heavy atom. The van der Waals surface area contributed by atoms with Gasteiger partial charge in [0.05, 0.1) is 0 Å². The van der Waals surface area contributed by atoms with E-state index >= 15 is 0 Å². The van der Waals surface area contributed by atoms with E-state index in [4.69, 9.17) is 5.73 Å². The van der Waals surface area contributed by atoms with Crippen molar-refractivity contribution in [2.24, 2.45) is 5.73 Å². The lowest BCUT2D eigenvalue weighted by Gasteiger charge is -1.98. The fraction of sp³-hybridized carbons (Fsp3) is 0.762. The van der Waals surface area contributed by atoms with E-state index in [2.05, 4.69) is 30.6 Å². The SMILES string of the molecule is CCCCCCCCC#CC#CCCCCCCCCC(N)=O. The fourth-order valence-corrected chi connectivity index (χ4v) is 2.43. The van der Waals surface area contributed by atoms with Crippen LogP contribution in [-0.2, 0) is 4.79 Å². The number of unbranched alkanes of at least 4 members (excludes halogenated alkanes) is 12. The third-order valence-corrected chi connectivity index (χ3v) is 3.87. The molecule has 2 nitrogen and oxygen atoms in total. The lowest BCUT2D eigenvalue weighted by molar-refractivity contribution is -0.118. The molecule has 23 heavy (non-hydrogen) atoms. The zero-order valence-corrected chi connectivity index (χ0v) is 15.1. The van der Waals surface area contributed by atoms with Crippen molar-refractivity contribution < 1.29 is 4.79 Å². The molecule has 0 fully saturated rings. The molecule has 0 aliphatic rings. The predicted octanol–water partition coefficient (Wildman–Crippen LogP) is 5.35. The summed E-state index contributed by atoms with van der Waals surface area (Å²) in [6, 6.07) is 0. The number of primary amides is 1.